The van der Waals surface area contributed by atoms with Gasteiger partial charge >= 0.3 is 0 Å². The summed E-state index contributed by atoms with van der Waals surface area (Å²) in [4.78, 5) is 4.43. The molecule has 0 radical (unpaired) electrons. The Hall–Kier alpha value is -1.88. The molecule has 102 valence electrons. The van der Waals surface area contributed by atoms with Crippen molar-refractivity contribution in [2.45, 2.75) is 32.9 Å². The maximum absolute atomic E-state index is 5.70. The van der Waals surface area contributed by atoms with E-state index in [0.29, 0.717) is 0 Å². The molecule has 5 nitrogen and oxygen atoms in total. The summed E-state index contributed by atoms with van der Waals surface area (Å²) in [7, 11) is 1.94. The Kier molecular flexibility index (Phi) is 4.52. The van der Waals surface area contributed by atoms with Crippen LogP contribution in [0, 0.1) is 0 Å². The van der Waals surface area contributed by atoms with Gasteiger partial charge in [-0.1, -0.05) is 6.92 Å². The molecule has 0 amide bonds. The first-order chi connectivity index (χ1) is 9.26. The van der Waals surface area contributed by atoms with E-state index in [1.165, 1.54) is 0 Å². The largest absolute Gasteiger partial charge is 0.452 e. The van der Waals surface area contributed by atoms with Crippen molar-refractivity contribution in [2.75, 3.05) is 7.05 Å². The summed E-state index contributed by atoms with van der Waals surface area (Å²) in [5, 5.41) is 7.40. The number of aryl methyl sites for hydroxylation is 1. The minimum atomic E-state index is 0.289. The van der Waals surface area contributed by atoms with Gasteiger partial charge in [-0.2, -0.15) is 5.10 Å². The summed E-state index contributed by atoms with van der Waals surface area (Å²) in [5.74, 6) is 1.46. The van der Waals surface area contributed by atoms with Gasteiger partial charge in [-0.3, -0.25) is 9.67 Å². The molecule has 0 aromatic carbocycles. The predicted molar refractivity (Wildman–Crippen MR) is 74.3 cm³/mol. The summed E-state index contributed by atoms with van der Waals surface area (Å²) in [6.07, 6.45) is 6.34. The van der Waals surface area contributed by atoms with Crippen LogP contribution in [0.15, 0.2) is 30.7 Å². The van der Waals surface area contributed by atoms with Crippen molar-refractivity contribution in [3.05, 3.63) is 36.4 Å². The molecule has 0 saturated carbocycles. The minimum absolute atomic E-state index is 0.289. The van der Waals surface area contributed by atoms with Gasteiger partial charge in [-0.15, -0.1) is 0 Å². The number of hydrogen-bond donors (Lipinski definition) is 1. The Labute approximate surface area is 113 Å². The highest BCUT2D eigenvalue weighted by Gasteiger charge is 2.08. The topological polar surface area (TPSA) is 52.0 Å². The van der Waals surface area contributed by atoms with Crippen LogP contribution < -0.4 is 10.1 Å². The van der Waals surface area contributed by atoms with E-state index in [9.17, 15) is 0 Å². The summed E-state index contributed by atoms with van der Waals surface area (Å²) in [5.41, 5.74) is 1.03. The lowest BCUT2D eigenvalue weighted by Gasteiger charge is -2.13. The Bertz CT molecular complexity index is 502. The average molecular weight is 260 g/mol. The average Bonchev–Trinajstić information content (AvgIpc) is 2.90. The smallest absolute Gasteiger partial charge is 0.165 e. The van der Waals surface area contributed by atoms with Crippen molar-refractivity contribution in [3.8, 4) is 11.5 Å². The number of pyridine rings is 1. The van der Waals surface area contributed by atoms with Crippen LogP contribution in [0.3, 0.4) is 0 Å². The molecule has 19 heavy (non-hydrogen) atoms. The van der Waals surface area contributed by atoms with Crippen LogP contribution in [0.4, 0.5) is 0 Å². The number of ether oxygens (including phenoxy) is 1. The minimum Gasteiger partial charge on any atom is -0.452 e. The van der Waals surface area contributed by atoms with Crippen molar-refractivity contribution in [2.24, 2.45) is 0 Å². The highest BCUT2D eigenvalue weighted by molar-refractivity contribution is 5.27. The lowest BCUT2D eigenvalue weighted by Crippen LogP contribution is -2.16. The molecule has 0 fully saturated rings. The maximum Gasteiger partial charge on any atom is 0.165 e. The molecule has 2 aromatic rings. The molecule has 0 aliphatic rings. The second kappa shape index (κ2) is 6.33. The van der Waals surface area contributed by atoms with Crippen LogP contribution in [0.1, 0.15) is 32.0 Å². The van der Waals surface area contributed by atoms with Gasteiger partial charge < -0.3 is 10.1 Å². The van der Waals surface area contributed by atoms with Crippen LogP contribution in [-0.2, 0) is 6.54 Å². The van der Waals surface area contributed by atoms with Crippen molar-refractivity contribution >= 4 is 0 Å². The van der Waals surface area contributed by atoms with Crippen LogP contribution in [-0.4, -0.2) is 21.8 Å². The second-order valence-corrected chi connectivity index (χ2v) is 4.30. The van der Waals surface area contributed by atoms with Gasteiger partial charge in [-0.25, -0.2) is 0 Å². The Morgan fingerprint density at radius 2 is 2.11 bits per heavy atom. The second-order valence-electron chi connectivity index (χ2n) is 4.30. The van der Waals surface area contributed by atoms with Crippen LogP contribution in [0.25, 0.3) is 0 Å². The van der Waals surface area contributed by atoms with E-state index in [2.05, 4.69) is 22.3 Å². The standard InChI is InChI=1S/C14H20N4O/c1-4-13(15-3)14-7-6-11(8-16-14)19-12-9-17-18(5-2)10-12/h6-10,13,15H,4-5H2,1-3H3. The molecule has 2 rings (SSSR count). The fraction of sp³-hybridized carbons (Fsp3) is 0.429. The highest BCUT2D eigenvalue weighted by atomic mass is 16.5. The van der Waals surface area contributed by atoms with Gasteiger partial charge in [0.1, 0.15) is 5.75 Å². The van der Waals surface area contributed by atoms with E-state index in [4.69, 9.17) is 4.74 Å². The molecule has 0 saturated heterocycles. The highest BCUT2D eigenvalue weighted by Crippen LogP contribution is 2.22. The number of rotatable bonds is 6. The van der Waals surface area contributed by atoms with Crippen molar-refractivity contribution < 1.29 is 4.74 Å². The molecule has 1 atom stereocenters. The summed E-state index contributed by atoms with van der Waals surface area (Å²) in [6, 6.07) is 4.22. The fourth-order valence-electron chi connectivity index (χ4n) is 1.93. The monoisotopic (exact) mass is 260 g/mol. The molecule has 2 aromatic heterocycles. The van der Waals surface area contributed by atoms with E-state index in [1.807, 2.05) is 37.0 Å². The zero-order valence-corrected chi connectivity index (χ0v) is 11.6. The third-order valence-electron chi connectivity index (χ3n) is 3.04. The number of hydrogen-bond acceptors (Lipinski definition) is 4. The third-order valence-corrected chi connectivity index (χ3v) is 3.04. The van der Waals surface area contributed by atoms with E-state index in [-0.39, 0.29) is 6.04 Å². The maximum atomic E-state index is 5.70. The first kappa shape index (κ1) is 13.5. The molecule has 0 aliphatic carbocycles. The summed E-state index contributed by atoms with van der Waals surface area (Å²) >= 11 is 0. The number of aromatic nitrogens is 3. The van der Waals surface area contributed by atoms with Gasteiger partial charge in [0.25, 0.3) is 0 Å². The van der Waals surface area contributed by atoms with Gasteiger partial charge in [0.15, 0.2) is 5.75 Å². The lowest BCUT2D eigenvalue weighted by molar-refractivity contribution is 0.476. The molecule has 0 spiro atoms. The van der Waals surface area contributed by atoms with E-state index in [1.54, 1.807) is 12.4 Å². The first-order valence-electron chi connectivity index (χ1n) is 6.60. The van der Waals surface area contributed by atoms with Crippen LogP contribution in [0.5, 0.6) is 11.5 Å². The Morgan fingerprint density at radius 3 is 2.63 bits per heavy atom. The molecular formula is C14H20N4O. The Morgan fingerprint density at radius 1 is 1.26 bits per heavy atom. The number of nitrogens with one attached hydrogen (secondary N) is 1. The summed E-state index contributed by atoms with van der Waals surface area (Å²) < 4.78 is 7.52. The first-order valence-corrected chi connectivity index (χ1v) is 6.60. The van der Waals surface area contributed by atoms with Crippen molar-refractivity contribution in [3.63, 3.8) is 0 Å². The quantitative estimate of drug-likeness (QED) is 0.867. The third kappa shape index (κ3) is 3.32. The molecule has 0 aliphatic heterocycles. The van der Waals surface area contributed by atoms with Gasteiger partial charge in [0.2, 0.25) is 0 Å². The van der Waals surface area contributed by atoms with Crippen molar-refractivity contribution in [1.29, 1.82) is 0 Å². The predicted octanol–water partition coefficient (Wildman–Crippen LogP) is 2.76. The molecular weight excluding hydrogens is 240 g/mol. The fourth-order valence-corrected chi connectivity index (χ4v) is 1.93. The van der Waals surface area contributed by atoms with Crippen LogP contribution in [0.2, 0.25) is 0 Å². The molecule has 2 heterocycles. The van der Waals surface area contributed by atoms with Gasteiger partial charge in [0, 0.05) is 12.6 Å². The molecule has 1 unspecified atom stereocenters. The van der Waals surface area contributed by atoms with E-state index >= 15 is 0 Å². The van der Waals surface area contributed by atoms with E-state index in [0.717, 1.165) is 30.2 Å². The van der Waals surface area contributed by atoms with Crippen molar-refractivity contribution in [1.82, 2.24) is 20.1 Å². The molecule has 5 heteroatoms. The van der Waals surface area contributed by atoms with Gasteiger partial charge in [-0.05, 0) is 32.5 Å². The molecule has 0 bridgehead atoms. The zero-order valence-electron chi connectivity index (χ0n) is 11.6. The zero-order chi connectivity index (χ0) is 13.7. The molecule has 1 N–H and O–H groups in total. The SMILES string of the molecule is CCC(NC)c1ccc(Oc2cnn(CC)c2)cn1. The normalized spacial score (nSPS) is 12.4. The van der Waals surface area contributed by atoms with Gasteiger partial charge in [0.05, 0.1) is 24.3 Å². The summed E-state index contributed by atoms with van der Waals surface area (Å²) in [6.45, 7) is 5.00. The number of nitrogens with zero attached hydrogens (tertiary/aromatic N) is 3. The lowest BCUT2D eigenvalue weighted by atomic mass is 10.1. The Balaban J connectivity index is 2.06. The van der Waals surface area contributed by atoms with E-state index < -0.39 is 0 Å². The van der Waals surface area contributed by atoms with Crippen LogP contribution >= 0.6 is 0 Å².